The lowest BCUT2D eigenvalue weighted by atomic mass is 9.98. The van der Waals surface area contributed by atoms with E-state index in [2.05, 4.69) is 17.1 Å². The Morgan fingerprint density at radius 3 is 2.26 bits per heavy atom. The molecule has 1 saturated heterocycles. The van der Waals surface area contributed by atoms with E-state index in [4.69, 9.17) is 9.47 Å². The molecule has 0 atom stereocenters. The van der Waals surface area contributed by atoms with Gasteiger partial charge in [-0.2, -0.15) is 4.31 Å². The van der Waals surface area contributed by atoms with Gasteiger partial charge in [0.1, 0.15) is 0 Å². The van der Waals surface area contributed by atoms with Crippen molar-refractivity contribution in [1.29, 1.82) is 0 Å². The Labute approximate surface area is 202 Å². The molecule has 0 saturated carbocycles. The summed E-state index contributed by atoms with van der Waals surface area (Å²) >= 11 is 0. The first-order valence-electron chi connectivity index (χ1n) is 11.7. The van der Waals surface area contributed by atoms with Crippen molar-refractivity contribution in [2.75, 3.05) is 50.6 Å². The third kappa shape index (κ3) is 5.47. The number of amides is 1. The van der Waals surface area contributed by atoms with Crippen molar-refractivity contribution in [2.24, 2.45) is 5.92 Å². The van der Waals surface area contributed by atoms with Crippen molar-refractivity contribution >= 4 is 27.3 Å². The number of rotatable bonds is 9. The number of carbonyl (C=O) groups excluding carboxylic acids is 1. The fraction of sp³-hybridized carbons (Fsp3) is 0.480. The Bertz CT molecular complexity index is 1110. The molecule has 1 aliphatic rings. The lowest BCUT2D eigenvalue weighted by Gasteiger charge is -2.33. The normalized spacial score (nSPS) is 14.8. The lowest BCUT2D eigenvalue weighted by molar-refractivity contribution is 0.102. The summed E-state index contributed by atoms with van der Waals surface area (Å²) in [5.41, 5.74) is 1.60. The number of piperidine rings is 1. The summed E-state index contributed by atoms with van der Waals surface area (Å²) < 4.78 is 38.3. The number of hydrogen-bond donors (Lipinski definition) is 1. The van der Waals surface area contributed by atoms with Crippen molar-refractivity contribution in [3.05, 3.63) is 42.0 Å². The van der Waals surface area contributed by atoms with Gasteiger partial charge >= 0.3 is 0 Å². The second-order valence-electron chi connectivity index (χ2n) is 8.46. The third-order valence-corrected chi connectivity index (χ3v) is 8.37. The van der Waals surface area contributed by atoms with Crippen LogP contribution in [0.3, 0.4) is 0 Å². The van der Waals surface area contributed by atoms with Gasteiger partial charge in [-0.1, -0.05) is 20.8 Å². The van der Waals surface area contributed by atoms with Crippen LogP contribution in [0.5, 0.6) is 11.5 Å². The van der Waals surface area contributed by atoms with Crippen LogP contribution < -0.4 is 19.7 Å². The lowest BCUT2D eigenvalue weighted by Crippen LogP contribution is -2.35. The zero-order chi connectivity index (χ0) is 24.9. The molecule has 0 aromatic heterocycles. The number of ether oxygens (including phenoxy) is 2. The van der Waals surface area contributed by atoms with Gasteiger partial charge in [-0.3, -0.25) is 4.79 Å². The van der Waals surface area contributed by atoms with E-state index >= 15 is 0 Å². The topological polar surface area (TPSA) is 88.2 Å². The van der Waals surface area contributed by atoms with Gasteiger partial charge in [-0.05, 0) is 49.1 Å². The number of nitrogens with zero attached hydrogens (tertiary/aromatic N) is 2. The minimum atomic E-state index is -3.71. The van der Waals surface area contributed by atoms with Gasteiger partial charge in [0.2, 0.25) is 10.0 Å². The predicted octanol–water partition coefficient (Wildman–Crippen LogP) is 4.22. The molecule has 2 aromatic rings. The van der Waals surface area contributed by atoms with Crippen molar-refractivity contribution < 1.29 is 22.7 Å². The Morgan fingerprint density at radius 2 is 1.68 bits per heavy atom. The molecule has 3 rings (SSSR count). The van der Waals surface area contributed by atoms with Crippen molar-refractivity contribution in [2.45, 2.75) is 38.5 Å². The van der Waals surface area contributed by atoms with E-state index in [1.807, 2.05) is 0 Å². The fourth-order valence-electron chi connectivity index (χ4n) is 4.21. The second-order valence-corrected chi connectivity index (χ2v) is 10.4. The van der Waals surface area contributed by atoms with E-state index in [1.54, 1.807) is 51.3 Å². The second kappa shape index (κ2) is 11.1. The largest absolute Gasteiger partial charge is 0.493 e. The highest BCUT2D eigenvalue weighted by Gasteiger charge is 2.27. The molecule has 186 valence electrons. The van der Waals surface area contributed by atoms with Gasteiger partial charge in [-0.25, -0.2) is 8.42 Å². The fourth-order valence-corrected chi connectivity index (χ4v) is 5.69. The number of carbonyl (C=O) groups is 1. The standard InChI is InChI=1S/C25H35N3O5S/c1-6-28(7-2)34(30,31)20-9-10-22(27-14-12-18(3)13-15-27)21(17-20)25(29)26-19-8-11-23(32-4)24(16-19)33-5/h8-11,16-18H,6-7,12-15H2,1-5H3,(H,26,29). The quantitative estimate of drug-likeness (QED) is 0.567. The van der Waals surface area contributed by atoms with E-state index in [0.29, 0.717) is 41.8 Å². The molecule has 1 amide bonds. The average Bonchev–Trinajstić information content (AvgIpc) is 2.84. The van der Waals surface area contributed by atoms with Crippen LogP contribution in [0.1, 0.15) is 44.0 Å². The number of sulfonamides is 1. The molecule has 1 aliphatic heterocycles. The molecular weight excluding hydrogens is 454 g/mol. The van der Waals surface area contributed by atoms with Crippen LogP contribution in [0.25, 0.3) is 0 Å². The molecular formula is C25H35N3O5S. The summed E-state index contributed by atoms with van der Waals surface area (Å²) in [5, 5.41) is 2.90. The summed E-state index contributed by atoms with van der Waals surface area (Å²) in [4.78, 5) is 15.7. The minimum Gasteiger partial charge on any atom is -0.493 e. The number of nitrogens with one attached hydrogen (secondary N) is 1. The first-order chi connectivity index (χ1) is 16.2. The zero-order valence-electron chi connectivity index (χ0n) is 20.6. The third-order valence-electron chi connectivity index (χ3n) is 6.32. The Morgan fingerprint density at radius 1 is 1.03 bits per heavy atom. The predicted molar refractivity (Wildman–Crippen MR) is 135 cm³/mol. The van der Waals surface area contributed by atoms with Gasteiger partial charge < -0.3 is 19.7 Å². The van der Waals surface area contributed by atoms with Gasteiger partial charge in [0.15, 0.2) is 11.5 Å². The molecule has 0 unspecified atom stereocenters. The van der Waals surface area contributed by atoms with Crippen molar-refractivity contribution in [3.8, 4) is 11.5 Å². The maximum absolute atomic E-state index is 13.5. The highest BCUT2D eigenvalue weighted by atomic mass is 32.2. The average molecular weight is 490 g/mol. The molecule has 1 N–H and O–H groups in total. The Hall–Kier alpha value is -2.78. The highest BCUT2D eigenvalue weighted by Crippen LogP contribution is 2.32. The van der Waals surface area contributed by atoms with Gasteiger partial charge in [0.05, 0.1) is 24.7 Å². The minimum absolute atomic E-state index is 0.114. The van der Waals surface area contributed by atoms with E-state index in [1.165, 1.54) is 17.5 Å². The summed E-state index contributed by atoms with van der Waals surface area (Å²) in [5.74, 6) is 1.29. The zero-order valence-corrected chi connectivity index (χ0v) is 21.4. The van der Waals surface area contributed by atoms with Gasteiger partial charge in [0, 0.05) is 43.6 Å². The Kier molecular flexibility index (Phi) is 8.43. The summed E-state index contributed by atoms with van der Waals surface area (Å²) in [6, 6.07) is 9.97. The summed E-state index contributed by atoms with van der Waals surface area (Å²) in [6.07, 6.45) is 2.05. The molecule has 0 bridgehead atoms. The SMILES string of the molecule is CCN(CC)S(=O)(=O)c1ccc(N2CCC(C)CC2)c(C(=O)Nc2ccc(OC)c(OC)c2)c1. The van der Waals surface area contributed by atoms with Crippen LogP contribution in [0.15, 0.2) is 41.3 Å². The van der Waals surface area contributed by atoms with Crippen LogP contribution in [-0.4, -0.2) is 59.0 Å². The van der Waals surface area contributed by atoms with Crippen LogP contribution in [0, 0.1) is 5.92 Å². The number of methoxy groups -OCH3 is 2. The highest BCUT2D eigenvalue weighted by molar-refractivity contribution is 7.89. The monoisotopic (exact) mass is 489 g/mol. The Balaban J connectivity index is 2.02. The first-order valence-corrected chi connectivity index (χ1v) is 13.1. The van der Waals surface area contributed by atoms with Gasteiger partial charge in [0.25, 0.3) is 5.91 Å². The maximum Gasteiger partial charge on any atom is 0.257 e. The molecule has 0 spiro atoms. The van der Waals surface area contributed by atoms with E-state index < -0.39 is 10.0 Å². The molecule has 9 heteroatoms. The van der Waals surface area contributed by atoms with Crippen molar-refractivity contribution in [3.63, 3.8) is 0 Å². The first kappa shape index (κ1) is 25.8. The molecule has 8 nitrogen and oxygen atoms in total. The van der Waals surface area contributed by atoms with E-state index in [9.17, 15) is 13.2 Å². The molecule has 0 aliphatic carbocycles. The van der Waals surface area contributed by atoms with Crippen LogP contribution >= 0.6 is 0 Å². The van der Waals surface area contributed by atoms with E-state index in [-0.39, 0.29) is 10.8 Å². The number of benzene rings is 2. The molecule has 0 radical (unpaired) electrons. The molecule has 1 fully saturated rings. The number of hydrogen-bond acceptors (Lipinski definition) is 6. The maximum atomic E-state index is 13.5. The van der Waals surface area contributed by atoms with Crippen LogP contribution in [-0.2, 0) is 10.0 Å². The van der Waals surface area contributed by atoms with Gasteiger partial charge in [-0.15, -0.1) is 0 Å². The smallest absolute Gasteiger partial charge is 0.257 e. The van der Waals surface area contributed by atoms with E-state index in [0.717, 1.165) is 31.6 Å². The molecule has 1 heterocycles. The molecule has 2 aromatic carbocycles. The van der Waals surface area contributed by atoms with Crippen LogP contribution in [0.2, 0.25) is 0 Å². The van der Waals surface area contributed by atoms with Crippen molar-refractivity contribution in [1.82, 2.24) is 4.31 Å². The number of anilines is 2. The van der Waals surface area contributed by atoms with Crippen LogP contribution in [0.4, 0.5) is 11.4 Å². The summed E-state index contributed by atoms with van der Waals surface area (Å²) in [6.45, 7) is 8.18. The summed E-state index contributed by atoms with van der Waals surface area (Å²) in [7, 11) is -0.634. The molecule has 34 heavy (non-hydrogen) atoms.